The first-order chi connectivity index (χ1) is 18.3. The van der Waals surface area contributed by atoms with Crippen LogP contribution in [0.2, 0.25) is 0 Å². The first-order valence-electron chi connectivity index (χ1n) is 13.6. The maximum absolute atomic E-state index is 14.1. The van der Waals surface area contributed by atoms with Crippen LogP contribution >= 0.6 is 7.52 Å². The van der Waals surface area contributed by atoms with Crippen molar-refractivity contribution in [3.05, 3.63) is 65.2 Å². The van der Waals surface area contributed by atoms with Gasteiger partial charge in [0.15, 0.2) is 0 Å². The van der Waals surface area contributed by atoms with Crippen LogP contribution in [0.25, 0.3) is 0 Å². The monoisotopic (exact) mass is 562 g/mol. The molecule has 0 saturated carbocycles. The van der Waals surface area contributed by atoms with Crippen LogP contribution in [0.3, 0.4) is 0 Å². The molecule has 0 bridgehead atoms. The largest absolute Gasteiger partial charge is 0.480 e. The Hall–Kier alpha value is -2.22. The molecule has 0 spiro atoms. The van der Waals surface area contributed by atoms with Gasteiger partial charge in [0.2, 0.25) is 0 Å². The molecule has 2 rings (SSSR count). The second-order valence-electron chi connectivity index (χ2n) is 11.2. The zero-order valence-corrected chi connectivity index (χ0v) is 25.6. The first-order valence-corrected chi connectivity index (χ1v) is 15.4. The Labute approximate surface area is 234 Å². The predicted molar refractivity (Wildman–Crippen MR) is 156 cm³/mol. The van der Waals surface area contributed by atoms with Crippen LogP contribution in [0.5, 0.6) is 5.75 Å². The number of nitrogens with zero attached hydrogens (tertiary/aromatic N) is 1. The van der Waals surface area contributed by atoms with E-state index in [0.29, 0.717) is 23.4 Å². The van der Waals surface area contributed by atoms with Crippen LogP contribution in [0.15, 0.2) is 48.5 Å². The van der Waals surface area contributed by atoms with E-state index in [1.165, 1.54) is 14.0 Å². The molecule has 0 radical (unpaired) electrons. The molecule has 2 aromatic carbocycles. The molecule has 218 valence electrons. The van der Waals surface area contributed by atoms with E-state index in [1.54, 1.807) is 26.0 Å². The lowest BCUT2D eigenvalue weighted by Gasteiger charge is -2.35. The molecule has 8 nitrogen and oxygen atoms in total. The van der Waals surface area contributed by atoms with Gasteiger partial charge in [-0.3, -0.25) is 14.3 Å². The Morgan fingerprint density at radius 1 is 1.05 bits per heavy atom. The number of carboxylic acids is 1. The summed E-state index contributed by atoms with van der Waals surface area (Å²) >= 11 is 0. The molecule has 1 unspecified atom stereocenters. The lowest BCUT2D eigenvalue weighted by molar-refractivity contribution is -0.145. The number of hydrogen-bond donors (Lipinski definition) is 3. The van der Waals surface area contributed by atoms with Crippen molar-refractivity contribution in [3.63, 3.8) is 0 Å². The fourth-order valence-corrected chi connectivity index (χ4v) is 6.87. The number of hydrogen-bond acceptors (Lipinski definition) is 6. The van der Waals surface area contributed by atoms with Crippen LogP contribution in [-0.4, -0.2) is 58.7 Å². The van der Waals surface area contributed by atoms with Gasteiger partial charge in [-0.05, 0) is 76.8 Å². The molecule has 0 amide bonds. The number of ether oxygens (including phenoxy) is 1. The first kappa shape index (κ1) is 33.0. The molecular weight excluding hydrogens is 515 g/mol. The molecule has 0 saturated heterocycles. The van der Waals surface area contributed by atoms with Crippen LogP contribution in [0.4, 0.5) is 0 Å². The van der Waals surface area contributed by atoms with Gasteiger partial charge in [0.05, 0.1) is 6.61 Å². The standard InChI is InChI=1S/C30H47N2O6P/c1-21(2)30(7,29(34)35)31-39(36,20-37-8)38-28-15-14-24(19-33)18-27(28)26(25-12-10-9-11-13-25)16-17-32(22(3)4)23(5)6/h9-15,18,21-23,26,33H,16-17,19-20H2,1-8H3,(H,31,36)(H,34,35)/t26-,30+,39?/m1/s1. The van der Waals surface area contributed by atoms with E-state index in [4.69, 9.17) is 9.26 Å². The molecule has 0 aliphatic heterocycles. The summed E-state index contributed by atoms with van der Waals surface area (Å²) in [5.41, 5.74) is 1.04. The fraction of sp³-hybridized carbons (Fsp3) is 0.567. The summed E-state index contributed by atoms with van der Waals surface area (Å²) in [5.74, 6) is -1.27. The van der Waals surface area contributed by atoms with Gasteiger partial charge in [0.1, 0.15) is 17.6 Å². The molecular formula is C30H47N2O6P. The third kappa shape index (κ3) is 8.63. The van der Waals surface area contributed by atoms with E-state index in [0.717, 1.165) is 24.1 Å². The molecule has 0 aromatic heterocycles. The molecule has 3 N–H and O–H groups in total. The number of aliphatic hydroxyl groups excluding tert-OH is 1. The quantitative estimate of drug-likeness (QED) is 0.211. The van der Waals surface area contributed by atoms with Crippen molar-refractivity contribution >= 4 is 13.5 Å². The average molecular weight is 563 g/mol. The second kappa shape index (κ2) is 14.4. The van der Waals surface area contributed by atoms with Gasteiger partial charge in [0.25, 0.3) is 0 Å². The lowest BCUT2D eigenvalue weighted by Crippen LogP contribution is -2.52. The van der Waals surface area contributed by atoms with Crippen LogP contribution in [0.1, 0.15) is 77.5 Å². The zero-order valence-electron chi connectivity index (χ0n) is 24.7. The Morgan fingerprint density at radius 2 is 1.67 bits per heavy atom. The van der Waals surface area contributed by atoms with E-state index in [-0.39, 0.29) is 24.8 Å². The number of aliphatic carboxylic acids is 1. The minimum absolute atomic E-state index is 0.125. The fourth-order valence-electron chi connectivity index (χ4n) is 4.82. The normalized spacial score (nSPS) is 15.9. The summed E-state index contributed by atoms with van der Waals surface area (Å²) in [6, 6.07) is 16.1. The number of benzene rings is 2. The average Bonchev–Trinajstić information content (AvgIpc) is 2.86. The molecule has 0 fully saturated rings. The SMILES string of the molecule is COCP(=O)(N[C@](C)(C(=O)O)C(C)C)Oc1ccc(CO)cc1[C@H](CCN(C(C)C)C(C)C)c1ccccc1. The number of carbonyl (C=O) groups is 1. The van der Waals surface area contributed by atoms with Crippen molar-refractivity contribution < 1.29 is 28.8 Å². The van der Waals surface area contributed by atoms with Gasteiger partial charge in [-0.15, -0.1) is 0 Å². The number of nitrogens with one attached hydrogen (secondary N) is 1. The van der Waals surface area contributed by atoms with Crippen molar-refractivity contribution in [3.8, 4) is 5.75 Å². The van der Waals surface area contributed by atoms with E-state index in [2.05, 4.69) is 49.8 Å². The highest BCUT2D eigenvalue weighted by Gasteiger charge is 2.44. The van der Waals surface area contributed by atoms with Gasteiger partial charge in [0, 0.05) is 30.7 Å². The van der Waals surface area contributed by atoms with E-state index >= 15 is 0 Å². The van der Waals surface area contributed by atoms with Gasteiger partial charge < -0.3 is 19.5 Å². The van der Waals surface area contributed by atoms with Gasteiger partial charge in [-0.2, -0.15) is 0 Å². The van der Waals surface area contributed by atoms with Crippen molar-refractivity contribution in [2.24, 2.45) is 5.92 Å². The maximum Gasteiger partial charge on any atom is 0.342 e. The molecule has 0 aliphatic carbocycles. The third-order valence-electron chi connectivity index (χ3n) is 7.38. The summed E-state index contributed by atoms with van der Waals surface area (Å²) in [7, 11) is -2.44. The number of aliphatic hydroxyl groups is 1. The van der Waals surface area contributed by atoms with Gasteiger partial charge in [-0.1, -0.05) is 50.2 Å². The minimum atomic E-state index is -3.85. The van der Waals surface area contributed by atoms with Crippen LogP contribution < -0.4 is 9.61 Å². The highest BCUT2D eigenvalue weighted by molar-refractivity contribution is 7.57. The lowest BCUT2D eigenvalue weighted by atomic mass is 9.86. The summed E-state index contributed by atoms with van der Waals surface area (Å²) in [6.45, 7) is 14.4. The van der Waals surface area contributed by atoms with Crippen LogP contribution in [-0.2, 0) is 20.7 Å². The predicted octanol–water partition coefficient (Wildman–Crippen LogP) is 6.08. The minimum Gasteiger partial charge on any atom is -0.480 e. The van der Waals surface area contributed by atoms with Crippen molar-refractivity contribution in [1.82, 2.24) is 9.99 Å². The highest BCUT2D eigenvalue weighted by Crippen LogP contribution is 2.49. The Bertz CT molecular complexity index is 1100. The number of rotatable bonds is 16. The third-order valence-corrected chi connectivity index (χ3v) is 9.28. The Balaban J connectivity index is 2.62. The van der Waals surface area contributed by atoms with E-state index in [9.17, 15) is 19.6 Å². The number of carboxylic acid groups (broad SMARTS) is 1. The molecule has 3 atom stereocenters. The van der Waals surface area contributed by atoms with Crippen molar-refractivity contribution in [1.29, 1.82) is 0 Å². The molecule has 2 aromatic rings. The Kier molecular flexibility index (Phi) is 12.2. The van der Waals surface area contributed by atoms with E-state index < -0.39 is 19.0 Å². The van der Waals surface area contributed by atoms with E-state index in [1.807, 2.05) is 24.3 Å². The summed E-state index contributed by atoms with van der Waals surface area (Å²) < 4.78 is 25.6. The van der Waals surface area contributed by atoms with Crippen molar-refractivity contribution in [2.45, 2.75) is 85.0 Å². The molecule has 9 heteroatoms. The molecule has 0 heterocycles. The number of methoxy groups -OCH3 is 1. The molecule has 0 aliphatic rings. The molecule has 39 heavy (non-hydrogen) atoms. The zero-order chi connectivity index (χ0) is 29.4. The summed E-state index contributed by atoms with van der Waals surface area (Å²) in [4.78, 5) is 14.6. The second-order valence-corrected chi connectivity index (χ2v) is 13.2. The topological polar surface area (TPSA) is 108 Å². The summed E-state index contributed by atoms with van der Waals surface area (Å²) in [6.07, 6.45) is 0.445. The van der Waals surface area contributed by atoms with Gasteiger partial charge in [-0.25, -0.2) is 5.09 Å². The highest BCUT2D eigenvalue weighted by atomic mass is 31.2. The van der Waals surface area contributed by atoms with Gasteiger partial charge >= 0.3 is 13.5 Å². The Morgan fingerprint density at radius 3 is 2.15 bits per heavy atom. The maximum atomic E-state index is 14.1. The smallest absolute Gasteiger partial charge is 0.342 e. The van der Waals surface area contributed by atoms with Crippen LogP contribution in [0, 0.1) is 5.92 Å². The van der Waals surface area contributed by atoms with Crippen molar-refractivity contribution in [2.75, 3.05) is 20.0 Å². The summed E-state index contributed by atoms with van der Waals surface area (Å²) in [5, 5.41) is 22.7.